The van der Waals surface area contributed by atoms with Gasteiger partial charge in [0.15, 0.2) is 0 Å². The molecule has 0 saturated carbocycles. The van der Waals surface area contributed by atoms with Crippen LogP contribution in [-0.2, 0) is 51.3 Å². The molecule has 0 aliphatic carbocycles. The molecule has 2 amide bonds. The molecular weight excluding hydrogens is 496 g/mol. The Hall–Kier alpha value is -4.41. The van der Waals surface area contributed by atoms with E-state index in [-0.39, 0.29) is 26.4 Å². The van der Waals surface area contributed by atoms with Crippen molar-refractivity contribution >= 4 is 29.9 Å². The number of hydrogen-bond acceptors (Lipinski definition) is 9. The van der Waals surface area contributed by atoms with Gasteiger partial charge in [0.05, 0.1) is 26.1 Å². The molecule has 2 rings (SSSR count). The predicted molar refractivity (Wildman–Crippen MR) is 134 cm³/mol. The second-order valence-corrected chi connectivity index (χ2v) is 7.93. The standard InChI is InChI=1S/C27H32N2O9/c1-3-35-23(30)16-22(26(33)36-4-2)28-25(32)21(15-24(31)37-17-19-11-7-5-8-12-19)29-27(34)38-18-20-13-9-6-10-14-20/h5-14,21-22H,3-4,15-18H2,1-2H3,(H,28,32)(H,29,34)/t21-,22+/m1/s1. The Bertz CT molecular complexity index is 1000. The van der Waals surface area contributed by atoms with E-state index in [0.29, 0.717) is 5.56 Å². The highest BCUT2D eigenvalue weighted by atomic mass is 16.6. The Morgan fingerprint density at radius 1 is 0.632 bits per heavy atom. The van der Waals surface area contributed by atoms with Gasteiger partial charge in [0.25, 0.3) is 0 Å². The van der Waals surface area contributed by atoms with Crippen LogP contribution in [0.5, 0.6) is 0 Å². The molecule has 0 bridgehead atoms. The fourth-order valence-corrected chi connectivity index (χ4v) is 3.18. The lowest BCUT2D eigenvalue weighted by Crippen LogP contribution is -2.53. The Morgan fingerprint density at radius 3 is 1.68 bits per heavy atom. The molecule has 11 heteroatoms. The predicted octanol–water partition coefficient (Wildman–Crippen LogP) is 2.42. The first-order valence-electron chi connectivity index (χ1n) is 12.1. The van der Waals surface area contributed by atoms with Crippen molar-refractivity contribution in [3.8, 4) is 0 Å². The topological polar surface area (TPSA) is 146 Å². The summed E-state index contributed by atoms with van der Waals surface area (Å²) in [5.74, 6) is -3.30. The zero-order chi connectivity index (χ0) is 27.8. The fourth-order valence-electron chi connectivity index (χ4n) is 3.18. The van der Waals surface area contributed by atoms with Gasteiger partial charge < -0.3 is 29.6 Å². The van der Waals surface area contributed by atoms with Crippen molar-refractivity contribution in [1.82, 2.24) is 10.6 Å². The molecule has 2 aromatic rings. The number of benzene rings is 2. The highest BCUT2D eigenvalue weighted by molar-refractivity contribution is 5.93. The maximum atomic E-state index is 13.1. The fraction of sp³-hybridized carbons (Fsp3) is 0.370. The number of carbonyl (C=O) groups excluding carboxylic acids is 5. The molecule has 0 unspecified atom stereocenters. The smallest absolute Gasteiger partial charge is 0.408 e. The molecule has 0 saturated heterocycles. The summed E-state index contributed by atoms with van der Waals surface area (Å²) in [6, 6.07) is 14.9. The first-order chi connectivity index (χ1) is 18.3. The molecule has 2 N–H and O–H groups in total. The van der Waals surface area contributed by atoms with Gasteiger partial charge in [0, 0.05) is 0 Å². The van der Waals surface area contributed by atoms with Gasteiger partial charge in [-0.1, -0.05) is 60.7 Å². The summed E-state index contributed by atoms with van der Waals surface area (Å²) < 4.78 is 20.2. The van der Waals surface area contributed by atoms with Crippen LogP contribution in [0.4, 0.5) is 4.79 Å². The third-order valence-corrected chi connectivity index (χ3v) is 5.00. The van der Waals surface area contributed by atoms with Crippen LogP contribution in [0, 0.1) is 0 Å². The van der Waals surface area contributed by atoms with Crippen molar-refractivity contribution in [1.29, 1.82) is 0 Å². The molecule has 0 aliphatic heterocycles. The molecule has 0 radical (unpaired) electrons. The molecule has 11 nitrogen and oxygen atoms in total. The second kappa shape index (κ2) is 16.4. The summed E-state index contributed by atoms with van der Waals surface area (Å²) in [5, 5.41) is 4.69. The minimum atomic E-state index is -1.47. The summed E-state index contributed by atoms with van der Waals surface area (Å²) in [5.41, 5.74) is 1.44. The first kappa shape index (κ1) is 29.8. The summed E-state index contributed by atoms with van der Waals surface area (Å²) >= 11 is 0. The van der Waals surface area contributed by atoms with Gasteiger partial charge in [0.1, 0.15) is 25.3 Å². The largest absolute Gasteiger partial charge is 0.466 e. The van der Waals surface area contributed by atoms with E-state index in [0.717, 1.165) is 5.56 Å². The second-order valence-electron chi connectivity index (χ2n) is 7.93. The van der Waals surface area contributed by atoms with Crippen LogP contribution >= 0.6 is 0 Å². The third-order valence-electron chi connectivity index (χ3n) is 5.00. The monoisotopic (exact) mass is 528 g/mol. The Morgan fingerprint density at radius 2 is 1.13 bits per heavy atom. The maximum Gasteiger partial charge on any atom is 0.408 e. The van der Waals surface area contributed by atoms with Crippen molar-refractivity contribution in [2.75, 3.05) is 13.2 Å². The SMILES string of the molecule is CCOC(=O)C[C@H](NC(=O)[C@@H](CC(=O)OCc1ccccc1)NC(=O)OCc1ccccc1)C(=O)OCC. The third kappa shape index (κ3) is 11.1. The number of rotatable bonds is 14. The molecule has 38 heavy (non-hydrogen) atoms. The summed E-state index contributed by atoms with van der Waals surface area (Å²) in [6.45, 7) is 3.13. The Kier molecular flexibility index (Phi) is 12.8. The van der Waals surface area contributed by atoms with Crippen molar-refractivity contribution in [2.45, 2.75) is 52.0 Å². The number of amides is 2. The summed E-state index contributed by atoms with van der Waals surface area (Å²) in [6.07, 6.45) is -2.03. The Labute approximate surface area is 220 Å². The summed E-state index contributed by atoms with van der Waals surface area (Å²) in [4.78, 5) is 62.4. The molecule has 0 aliphatic rings. The van der Waals surface area contributed by atoms with E-state index in [4.69, 9.17) is 18.9 Å². The van der Waals surface area contributed by atoms with Crippen molar-refractivity contribution in [3.05, 3.63) is 71.8 Å². The lowest BCUT2D eigenvalue weighted by Gasteiger charge is -2.21. The lowest BCUT2D eigenvalue weighted by molar-refractivity contribution is -0.153. The molecule has 0 fully saturated rings. The number of hydrogen-bond donors (Lipinski definition) is 2. The quantitative estimate of drug-likeness (QED) is 0.279. The van der Waals surface area contributed by atoms with Crippen LogP contribution in [0.2, 0.25) is 0 Å². The molecule has 0 aromatic heterocycles. The average Bonchev–Trinajstić information content (AvgIpc) is 2.91. The number of alkyl carbamates (subject to hydrolysis) is 1. The number of carbonyl (C=O) groups is 5. The van der Waals surface area contributed by atoms with E-state index >= 15 is 0 Å². The summed E-state index contributed by atoms with van der Waals surface area (Å²) in [7, 11) is 0. The van der Waals surface area contributed by atoms with Crippen molar-refractivity contribution in [2.24, 2.45) is 0 Å². The van der Waals surface area contributed by atoms with E-state index in [1.807, 2.05) is 6.07 Å². The minimum Gasteiger partial charge on any atom is -0.466 e. The zero-order valence-corrected chi connectivity index (χ0v) is 21.3. The molecule has 0 spiro atoms. The highest BCUT2D eigenvalue weighted by Crippen LogP contribution is 2.07. The van der Waals surface area contributed by atoms with Gasteiger partial charge in [-0.2, -0.15) is 0 Å². The van der Waals surface area contributed by atoms with Crippen LogP contribution in [0.15, 0.2) is 60.7 Å². The van der Waals surface area contributed by atoms with E-state index in [2.05, 4.69) is 10.6 Å². The number of nitrogens with one attached hydrogen (secondary N) is 2. The maximum absolute atomic E-state index is 13.1. The molecule has 0 heterocycles. The van der Waals surface area contributed by atoms with E-state index in [1.165, 1.54) is 0 Å². The molecule has 2 aromatic carbocycles. The molecule has 204 valence electrons. The van der Waals surface area contributed by atoms with Crippen molar-refractivity contribution < 1.29 is 42.9 Å². The van der Waals surface area contributed by atoms with Crippen LogP contribution in [0.3, 0.4) is 0 Å². The van der Waals surface area contributed by atoms with Gasteiger partial charge in [-0.3, -0.25) is 14.4 Å². The van der Waals surface area contributed by atoms with E-state index in [9.17, 15) is 24.0 Å². The van der Waals surface area contributed by atoms with Gasteiger partial charge >= 0.3 is 24.0 Å². The zero-order valence-electron chi connectivity index (χ0n) is 21.3. The van der Waals surface area contributed by atoms with Crippen molar-refractivity contribution in [3.63, 3.8) is 0 Å². The van der Waals surface area contributed by atoms with Crippen LogP contribution in [0.25, 0.3) is 0 Å². The van der Waals surface area contributed by atoms with Gasteiger partial charge in [0.2, 0.25) is 5.91 Å². The lowest BCUT2D eigenvalue weighted by atomic mass is 10.1. The van der Waals surface area contributed by atoms with Crippen LogP contribution < -0.4 is 10.6 Å². The van der Waals surface area contributed by atoms with E-state index < -0.39 is 54.8 Å². The van der Waals surface area contributed by atoms with Crippen LogP contribution in [0.1, 0.15) is 37.8 Å². The van der Waals surface area contributed by atoms with Gasteiger partial charge in [-0.05, 0) is 25.0 Å². The van der Waals surface area contributed by atoms with Gasteiger partial charge in [-0.15, -0.1) is 0 Å². The molecule has 2 atom stereocenters. The first-order valence-corrected chi connectivity index (χ1v) is 12.1. The Balaban J connectivity index is 2.10. The average molecular weight is 529 g/mol. The van der Waals surface area contributed by atoms with Gasteiger partial charge in [-0.25, -0.2) is 9.59 Å². The minimum absolute atomic E-state index is 0.00727. The number of esters is 3. The number of ether oxygens (including phenoxy) is 4. The normalized spacial score (nSPS) is 11.8. The van der Waals surface area contributed by atoms with Crippen LogP contribution in [-0.4, -0.2) is 55.2 Å². The highest BCUT2D eigenvalue weighted by Gasteiger charge is 2.31. The van der Waals surface area contributed by atoms with E-state index in [1.54, 1.807) is 68.4 Å². The molecular formula is C27H32N2O9.